The number of aromatic nitrogens is 1. The van der Waals surface area contributed by atoms with E-state index >= 15 is 0 Å². The second kappa shape index (κ2) is 6.15. The van der Waals surface area contributed by atoms with Crippen molar-refractivity contribution in [3.63, 3.8) is 0 Å². The van der Waals surface area contributed by atoms with E-state index in [-0.39, 0.29) is 5.91 Å². The number of hydrogen-bond donors (Lipinski definition) is 0. The van der Waals surface area contributed by atoms with Crippen molar-refractivity contribution in [2.45, 2.75) is 25.6 Å². The SMILES string of the molecule is Cc1cc(CN2CCN(C(=O)[C@@H](C)S(C)(=O)=O)CC2)on1. The van der Waals surface area contributed by atoms with Gasteiger partial charge in [-0.2, -0.15) is 0 Å². The van der Waals surface area contributed by atoms with Gasteiger partial charge in [-0.05, 0) is 13.8 Å². The van der Waals surface area contributed by atoms with E-state index in [0.717, 1.165) is 17.7 Å². The Kier molecular flexibility index (Phi) is 4.67. The minimum Gasteiger partial charge on any atom is -0.360 e. The summed E-state index contributed by atoms with van der Waals surface area (Å²) in [5.74, 6) is 0.490. The van der Waals surface area contributed by atoms with E-state index < -0.39 is 15.1 Å². The van der Waals surface area contributed by atoms with Crippen LogP contribution >= 0.6 is 0 Å². The van der Waals surface area contributed by atoms with E-state index in [9.17, 15) is 13.2 Å². The Morgan fingerprint density at radius 3 is 2.48 bits per heavy atom. The lowest BCUT2D eigenvalue weighted by atomic mass is 10.2. The lowest BCUT2D eigenvalue weighted by Crippen LogP contribution is -2.51. The largest absolute Gasteiger partial charge is 0.360 e. The van der Waals surface area contributed by atoms with E-state index in [1.54, 1.807) is 4.90 Å². The quantitative estimate of drug-likeness (QED) is 0.781. The molecule has 0 spiro atoms. The Morgan fingerprint density at radius 2 is 2.00 bits per heavy atom. The molecule has 0 aliphatic carbocycles. The molecule has 1 aliphatic rings. The van der Waals surface area contributed by atoms with Crippen LogP contribution in [0.3, 0.4) is 0 Å². The first-order chi connectivity index (χ1) is 9.77. The third-order valence-electron chi connectivity index (χ3n) is 3.73. The lowest BCUT2D eigenvalue weighted by Gasteiger charge is -2.35. The van der Waals surface area contributed by atoms with Crippen LogP contribution in [-0.4, -0.2) is 67.0 Å². The zero-order chi connectivity index (χ0) is 15.6. The molecular weight excluding hydrogens is 294 g/mol. The van der Waals surface area contributed by atoms with Gasteiger partial charge in [-0.15, -0.1) is 0 Å². The van der Waals surface area contributed by atoms with Crippen LogP contribution in [0.4, 0.5) is 0 Å². The molecule has 1 amide bonds. The molecule has 2 rings (SSSR count). The highest BCUT2D eigenvalue weighted by Crippen LogP contribution is 2.12. The van der Waals surface area contributed by atoms with Crippen LogP contribution in [0, 0.1) is 6.92 Å². The Bertz CT molecular complexity index is 603. The average molecular weight is 315 g/mol. The van der Waals surface area contributed by atoms with Gasteiger partial charge in [-0.25, -0.2) is 8.42 Å². The number of hydrogen-bond acceptors (Lipinski definition) is 6. The standard InChI is InChI=1S/C13H21N3O4S/c1-10-8-12(20-14-10)9-15-4-6-16(7-5-15)13(17)11(2)21(3,18)19/h8,11H,4-7,9H2,1-3H3/t11-/m1/s1. The van der Waals surface area contributed by atoms with Gasteiger partial charge in [0, 0.05) is 38.5 Å². The molecule has 0 aromatic carbocycles. The highest BCUT2D eigenvalue weighted by molar-refractivity contribution is 7.92. The second-order valence-corrected chi connectivity index (χ2v) is 7.87. The van der Waals surface area contributed by atoms with Crippen LogP contribution in [0.2, 0.25) is 0 Å². The van der Waals surface area contributed by atoms with Gasteiger partial charge in [0.2, 0.25) is 5.91 Å². The van der Waals surface area contributed by atoms with Gasteiger partial charge < -0.3 is 9.42 Å². The Balaban J connectivity index is 1.87. The maximum atomic E-state index is 12.1. The van der Waals surface area contributed by atoms with Crippen LogP contribution in [0.5, 0.6) is 0 Å². The number of carbonyl (C=O) groups is 1. The normalized spacial score (nSPS) is 18.7. The monoisotopic (exact) mass is 315 g/mol. The van der Waals surface area contributed by atoms with Gasteiger partial charge in [0.15, 0.2) is 15.6 Å². The van der Waals surface area contributed by atoms with Gasteiger partial charge in [0.1, 0.15) is 5.25 Å². The molecule has 0 N–H and O–H groups in total. The topological polar surface area (TPSA) is 83.7 Å². The van der Waals surface area contributed by atoms with E-state index in [1.165, 1.54) is 6.92 Å². The molecule has 0 radical (unpaired) electrons. The smallest absolute Gasteiger partial charge is 0.240 e. The van der Waals surface area contributed by atoms with E-state index in [4.69, 9.17) is 4.52 Å². The highest BCUT2D eigenvalue weighted by Gasteiger charge is 2.30. The Hall–Kier alpha value is -1.41. The minimum atomic E-state index is -3.34. The van der Waals surface area contributed by atoms with Gasteiger partial charge in [0.25, 0.3) is 0 Å². The number of amides is 1. The van der Waals surface area contributed by atoms with Crippen molar-refractivity contribution in [1.82, 2.24) is 15.0 Å². The van der Waals surface area contributed by atoms with Crippen molar-refractivity contribution >= 4 is 15.7 Å². The van der Waals surface area contributed by atoms with Gasteiger partial charge in [-0.1, -0.05) is 5.16 Å². The summed E-state index contributed by atoms with van der Waals surface area (Å²) < 4.78 is 28.1. The molecule has 0 saturated carbocycles. The summed E-state index contributed by atoms with van der Waals surface area (Å²) in [5, 5.41) is 2.87. The van der Waals surface area contributed by atoms with Crippen molar-refractivity contribution in [3.05, 3.63) is 17.5 Å². The maximum absolute atomic E-state index is 12.1. The summed E-state index contributed by atoms with van der Waals surface area (Å²) in [6, 6.07) is 1.89. The third kappa shape index (κ3) is 4.04. The molecule has 7 nitrogen and oxygen atoms in total. The molecule has 1 aromatic heterocycles. The van der Waals surface area contributed by atoms with Gasteiger partial charge >= 0.3 is 0 Å². The molecule has 118 valence electrons. The van der Waals surface area contributed by atoms with Crippen molar-refractivity contribution in [2.75, 3.05) is 32.4 Å². The van der Waals surface area contributed by atoms with Crippen LogP contribution in [0.15, 0.2) is 10.6 Å². The summed E-state index contributed by atoms with van der Waals surface area (Å²) in [7, 11) is -3.34. The molecule has 8 heteroatoms. The molecule has 21 heavy (non-hydrogen) atoms. The number of nitrogens with zero attached hydrogens (tertiary/aromatic N) is 3. The molecule has 0 unspecified atom stereocenters. The van der Waals surface area contributed by atoms with Gasteiger partial charge in [-0.3, -0.25) is 9.69 Å². The predicted octanol–water partition coefficient (Wildman–Crippen LogP) is 0.0603. The summed E-state index contributed by atoms with van der Waals surface area (Å²) >= 11 is 0. The van der Waals surface area contributed by atoms with Crippen LogP contribution in [-0.2, 0) is 21.2 Å². The molecule has 1 saturated heterocycles. The minimum absolute atomic E-state index is 0.312. The molecule has 1 fully saturated rings. The van der Waals surface area contributed by atoms with Crippen molar-refractivity contribution < 1.29 is 17.7 Å². The van der Waals surface area contributed by atoms with E-state index in [2.05, 4.69) is 10.1 Å². The molecule has 1 atom stereocenters. The second-order valence-electron chi connectivity index (χ2n) is 5.51. The van der Waals surface area contributed by atoms with Crippen molar-refractivity contribution in [3.8, 4) is 0 Å². The zero-order valence-electron chi connectivity index (χ0n) is 12.6. The summed E-state index contributed by atoms with van der Waals surface area (Å²) in [4.78, 5) is 15.9. The fraction of sp³-hybridized carbons (Fsp3) is 0.692. The predicted molar refractivity (Wildman–Crippen MR) is 77.4 cm³/mol. The zero-order valence-corrected chi connectivity index (χ0v) is 13.4. The Morgan fingerprint density at radius 1 is 1.38 bits per heavy atom. The van der Waals surface area contributed by atoms with Crippen molar-refractivity contribution in [2.24, 2.45) is 0 Å². The molecule has 2 heterocycles. The van der Waals surface area contributed by atoms with E-state index in [1.807, 2.05) is 13.0 Å². The van der Waals surface area contributed by atoms with Crippen LogP contribution in [0.25, 0.3) is 0 Å². The summed E-state index contributed by atoms with van der Waals surface area (Å²) in [6.07, 6.45) is 1.10. The Labute approximate surface area is 124 Å². The molecular formula is C13H21N3O4S. The van der Waals surface area contributed by atoms with Crippen LogP contribution in [0.1, 0.15) is 18.4 Å². The summed E-state index contributed by atoms with van der Waals surface area (Å²) in [5.41, 5.74) is 0.848. The number of rotatable bonds is 4. The number of piperazine rings is 1. The fourth-order valence-corrected chi connectivity index (χ4v) is 2.79. The fourth-order valence-electron chi connectivity index (χ4n) is 2.28. The van der Waals surface area contributed by atoms with Crippen LogP contribution < -0.4 is 0 Å². The number of aryl methyl sites for hydroxylation is 1. The molecule has 1 aromatic rings. The average Bonchev–Trinajstić information content (AvgIpc) is 2.82. The first kappa shape index (κ1) is 16.0. The maximum Gasteiger partial charge on any atom is 0.240 e. The lowest BCUT2D eigenvalue weighted by molar-refractivity contribution is -0.132. The first-order valence-electron chi connectivity index (χ1n) is 6.89. The highest BCUT2D eigenvalue weighted by atomic mass is 32.2. The van der Waals surface area contributed by atoms with E-state index in [0.29, 0.717) is 32.7 Å². The third-order valence-corrected chi connectivity index (χ3v) is 5.22. The molecule has 1 aliphatic heterocycles. The van der Waals surface area contributed by atoms with Gasteiger partial charge in [0.05, 0.1) is 12.2 Å². The number of sulfone groups is 1. The molecule has 0 bridgehead atoms. The summed E-state index contributed by atoms with van der Waals surface area (Å²) in [6.45, 7) is 6.43. The van der Waals surface area contributed by atoms with Crippen molar-refractivity contribution in [1.29, 1.82) is 0 Å². The number of carbonyl (C=O) groups excluding carboxylic acids is 1. The first-order valence-corrected chi connectivity index (χ1v) is 8.85.